The second kappa shape index (κ2) is 14.1. The molecule has 0 aliphatic heterocycles. The number of ether oxygens (including phenoxy) is 2. The zero-order valence-corrected chi connectivity index (χ0v) is 18.3. The maximum Gasteiger partial charge on any atom is 0.191 e. The average Bonchev–Trinajstić information content (AvgIpc) is 3.47. The van der Waals surface area contributed by atoms with Crippen LogP contribution in [-0.4, -0.2) is 69.9 Å². The third kappa shape index (κ3) is 9.59. The Morgan fingerprint density at radius 2 is 1.92 bits per heavy atom. The van der Waals surface area contributed by atoms with Gasteiger partial charge in [-0.2, -0.15) is 0 Å². The van der Waals surface area contributed by atoms with Gasteiger partial charge >= 0.3 is 0 Å². The first kappa shape index (κ1) is 23.0. The van der Waals surface area contributed by atoms with Gasteiger partial charge in [0, 0.05) is 32.8 Å². The standard InChI is InChI=1S/C19H32N4O2.HI/c1-3-20-19(22-12-15-25-18-7-5-4-6-8-18)21-11-13-23(14-16-24-2)17-9-10-17;/h4-8,17H,3,9-16H2,1-2H3,(H2,20,21,22);1H. The topological polar surface area (TPSA) is 58.1 Å². The van der Waals surface area contributed by atoms with Gasteiger partial charge in [-0.25, -0.2) is 0 Å². The van der Waals surface area contributed by atoms with Crippen molar-refractivity contribution in [3.05, 3.63) is 30.3 Å². The molecule has 0 amide bonds. The summed E-state index contributed by atoms with van der Waals surface area (Å²) in [6, 6.07) is 10.6. The number of nitrogens with zero attached hydrogens (tertiary/aromatic N) is 2. The van der Waals surface area contributed by atoms with E-state index >= 15 is 0 Å². The molecule has 0 bridgehead atoms. The molecule has 2 rings (SSSR count). The summed E-state index contributed by atoms with van der Waals surface area (Å²) in [5.74, 6) is 1.74. The Bertz CT molecular complexity index is 498. The molecule has 1 aromatic carbocycles. The number of nitrogens with one attached hydrogen (secondary N) is 2. The fraction of sp³-hybridized carbons (Fsp3) is 0.632. The summed E-state index contributed by atoms with van der Waals surface area (Å²) in [5.41, 5.74) is 0. The van der Waals surface area contributed by atoms with Crippen LogP contribution in [0.3, 0.4) is 0 Å². The van der Waals surface area contributed by atoms with E-state index in [1.807, 2.05) is 30.3 Å². The van der Waals surface area contributed by atoms with Crippen LogP contribution in [0.4, 0.5) is 0 Å². The van der Waals surface area contributed by atoms with Crippen LogP contribution in [0.25, 0.3) is 0 Å². The molecule has 0 atom stereocenters. The maximum atomic E-state index is 5.69. The van der Waals surface area contributed by atoms with E-state index in [4.69, 9.17) is 9.47 Å². The predicted octanol–water partition coefficient (Wildman–Crippen LogP) is 2.35. The van der Waals surface area contributed by atoms with E-state index in [1.165, 1.54) is 12.8 Å². The van der Waals surface area contributed by atoms with Gasteiger partial charge in [-0.3, -0.25) is 9.89 Å². The molecule has 1 aliphatic rings. The van der Waals surface area contributed by atoms with Crippen LogP contribution < -0.4 is 15.4 Å². The summed E-state index contributed by atoms with van der Waals surface area (Å²) in [4.78, 5) is 7.15. The van der Waals surface area contributed by atoms with Crippen LogP contribution in [0.2, 0.25) is 0 Å². The Hall–Kier alpha value is -1.06. The van der Waals surface area contributed by atoms with Crippen molar-refractivity contribution in [2.75, 3.05) is 53.0 Å². The zero-order valence-electron chi connectivity index (χ0n) is 15.9. The number of benzene rings is 1. The maximum absolute atomic E-state index is 5.69. The van der Waals surface area contributed by atoms with Gasteiger partial charge < -0.3 is 20.1 Å². The second-order valence-corrected chi connectivity index (χ2v) is 6.11. The molecule has 1 saturated carbocycles. The molecular weight excluding hydrogens is 443 g/mol. The van der Waals surface area contributed by atoms with Gasteiger partial charge in [0.2, 0.25) is 0 Å². The molecule has 0 saturated heterocycles. The lowest BCUT2D eigenvalue weighted by atomic mass is 10.3. The Kier molecular flexibility index (Phi) is 12.4. The molecule has 1 aliphatic carbocycles. The first-order valence-corrected chi connectivity index (χ1v) is 9.26. The minimum absolute atomic E-state index is 0. The highest BCUT2D eigenvalue weighted by atomic mass is 127. The van der Waals surface area contributed by atoms with Crippen LogP contribution in [0.1, 0.15) is 19.8 Å². The summed E-state index contributed by atoms with van der Waals surface area (Å²) in [7, 11) is 1.76. The minimum Gasteiger partial charge on any atom is -0.492 e. The highest BCUT2D eigenvalue weighted by Gasteiger charge is 2.27. The third-order valence-corrected chi connectivity index (χ3v) is 4.05. The third-order valence-electron chi connectivity index (χ3n) is 4.05. The zero-order chi connectivity index (χ0) is 17.7. The predicted molar refractivity (Wildman–Crippen MR) is 118 cm³/mol. The minimum atomic E-state index is 0. The van der Waals surface area contributed by atoms with Gasteiger partial charge in [0.05, 0.1) is 19.7 Å². The largest absolute Gasteiger partial charge is 0.492 e. The summed E-state index contributed by atoms with van der Waals surface area (Å²) in [6.45, 7) is 7.79. The van der Waals surface area contributed by atoms with Crippen molar-refractivity contribution in [3.8, 4) is 5.75 Å². The van der Waals surface area contributed by atoms with Crippen molar-refractivity contribution in [1.29, 1.82) is 0 Å². The molecule has 1 fully saturated rings. The van der Waals surface area contributed by atoms with Crippen molar-refractivity contribution >= 4 is 29.9 Å². The molecule has 148 valence electrons. The first-order valence-electron chi connectivity index (χ1n) is 9.26. The van der Waals surface area contributed by atoms with E-state index in [2.05, 4.69) is 27.4 Å². The average molecular weight is 476 g/mol. The summed E-state index contributed by atoms with van der Waals surface area (Å²) >= 11 is 0. The summed E-state index contributed by atoms with van der Waals surface area (Å²) in [5, 5.41) is 6.61. The summed E-state index contributed by atoms with van der Waals surface area (Å²) < 4.78 is 10.9. The molecule has 0 unspecified atom stereocenters. The Morgan fingerprint density at radius 3 is 2.58 bits per heavy atom. The number of hydrogen-bond donors (Lipinski definition) is 2. The number of aliphatic imine (C=N–C) groups is 1. The molecule has 0 heterocycles. The van der Waals surface area contributed by atoms with E-state index in [0.717, 1.165) is 57.1 Å². The molecule has 7 heteroatoms. The van der Waals surface area contributed by atoms with Crippen molar-refractivity contribution in [1.82, 2.24) is 15.5 Å². The van der Waals surface area contributed by atoms with Crippen LogP contribution in [0.5, 0.6) is 5.75 Å². The van der Waals surface area contributed by atoms with E-state index in [0.29, 0.717) is 6.61 Å². The highest BCUT2D eigenvalue weighted by Crippen LogP contribution is 2.26. The summed E-state index contributed by atoms with van der Waals surface area (Å²) in [6.07, 6.45) is 2.62. The number of halogens is 1. The lowest BCUT2D eigenvalue weighted by Gasteiger charge is -2.20. The molecule has 0 radical (unpaired) electrons. The SMILES string of the molecule is CCNC(=NCCN(CCOC)C1CC1)NCCOc1ccccc1.I. The van der Waals surface area contributed by atoms with Crippen molar-refractivity contribution in [2.45, 2.75) is 25.8 Å². The van der Waals surface area contributed by atoms with Gasteiger partial charge in [-0.05, 0) is 31.9 Å². The Labute approximate surface area is 174 Å². The van der Waals surface area contributed by atoms with Crippen LogP contribution >= 0.6 is 24.0 Å². The lowest BCUT2D eigenvalue weighted by Crippen LogP contribution is -2.40. The molecule has 0 spiro atoms. The van der Waals surface area contributed by atoms with Crippen molar-refractivity contribution in [3.63, 3.8) is 0 Å². The van der Waals surface area contributed by atoms with Crippen LogP contribution in [0.15, 0.2) is 35.3 Å². The number of hydrogen-bond acceptors (Lipinski definition) is 4. The molecule has 26 heavy (non-hydrogen) atoms. The highest BCUT2D eigenvalue weighted by molar-refractivity contribution is 14.0. The van der Waals surface area contributed by atoms with Gasteiger partial charge in [-0.1, -0.05) is 18.2 Å². The smallest absolute Gasteiger partial charge is 0.191 e. The number of para-hydroxylation sites is 1. The van der Waals surface area contributed by atoms with E-state index in [-0.39, 0.29) is 24.0 Å². The van der Waals surface area contributed by atoms with Gasteiger partial charge in [-0.15, -0.1) is 24.0 Å². The normalized spacial score (nSPS) is 14.0. The van der Waals surface area contributed by atoms with E-state index < -0.39 is 0 Å². The number of methoxy groups -OCH3 is 1. The molecule has 0 aromatic heterocycles. The van der Waals surface area contributed by atoms with Gasteiger partial charge in [0.1, 0.15) is 12.4 Å². The van der Waals surface area contributed by atoms with E-state index in [9.17, 15) is 0 Å². The van der Waals surface area contributed by atoms with E-state index in [1.54, 1.807) is 7.11 Å². The fourth-order valence-electron chi connectivity index (χ4n) is 2.61. The van der Waals surface area contributed by atoms with Crippen molar-refractivity contribution < 1.29 is 9.47 Å². The van der Waals surface area contributed by atoms with Crippen molar-refractivity contribution in [2.24, 2.45) is 4.99 Å². The fourth-order valence-corrected chi connectivity index (χ4v) is 2.61. The lowest BCUT2D eigenvalue weighted by molar-refractivity contribution is 0.145. The molecular formula is C19H33IN4O2. The van der Waals surface area contributed by atoms with Gasteiger partial charge in [0.15, 0.2) is 5.96 Å². The quantitative estimate of drug-likeness (QED) is 0.210. The number of rotatable bonds is 12. The van der Waals surface area contributed by atoms with Crippen LogP contribution in [0, 0.1) is 0 Å². The molecule has 1 aromatic rings. The monoisotopic (exact) mass is 476 g/mol. The first-order chi connectivity index (χ1) is 12.3. The van der Waals surface area contributed by atoms with Crippen LogP contribution in [-0.2, 0) is 4.74 Å². The number of guanidine groups is 1. The molecule has 2 N–H and O–H groups in total. The Morgan fingerprint density at radius 1 is 1.15 bits per heavy atom. The molecule has 6 nitrogen and oxygen atoms in total. The second-order valence-electron chi connectivity index (χ2n) is 6.11. The Balaban J connectivity index is 0.00000338. The van der Waals surface area contributed by atoms with Gasteiger partial charge in [0.25, 0.3) is 0 Å².